The first-order valence-electron chi connectivity index (χ1n) is 7.14. The highest BCUT2D eigenvalue weighted by Crippen LogP contribution is 2.36. The monoisotopic (exact) mass is 478 g/mol. The van der Waals surface area contributed by atoms with Crippen molar-refractivity contribution in [3.05, 3.63) is 63.6 Å². The summed E-state index contributed by atoms with van der Waals surface area (Å²) < 4.78 is 36.6. The number of nitrogens with one attached hydrogen (secondary N) is 2. The molecular formula is C16H10Cl5F3N2O. The van der Waals surface area contributed by atoms with E-state index in [-0.39, 0.29) is 16.3 Å². The maximum atomic E-state index is 12.9. The van der Waals surface area contributed by atoms with E-state index in [1.54, 1.807) is 0 Å². The van der Waals surface area contributed by atoms with Crippen molar-refractivity contribution >= 4 is 69.6 Å². The average molecular weight is 481 g/mol. The van der Waals surface area contributed by atoms with Crippen LogP contribution in [0.3, 0.4) is 0 Å². The molecule has 0 aliphatic rings. The summed E-state index contributed by atoms with van der Waals surface area (Å²) in [5.74, 6) is -0.640. The first-order valence-corrected chi connectivity index (χ1v) is 9.03. The zero-order valence-corrected chi connectivity index (χ0v) is 16.8. The summed E-state index contributed by atoms with van der Waals surface area (Å²) in [5, 5.41) is 5.29. The van der Waals surface area contributed by atoms with Gasteiger partial charge in [0.15, 0.2) is 0 Å². The third-order valence-electron chi connectivity index (χ3n) is 3.30. The zero-order chi connectivity index (χ0) is 20.4. The Labute approximate surface area is 177 Å². The number of alkyl halides is 6. The van der Waals surface area contributed by atoms with Crippen LogP contribution in [0.25, 0.3) is 0 Å². The van der Waals surface area contributed by atoms with Crippen molar-refractivity contribution in [1.82, 2.24) is 5.32 Å². The molecule has 2 aromatic carbocycles. The van der Waals surface area contributed by atoms with Crippen LogP contribution in [0.15, 0.2) is 42.5 Å². The molecule has 0 saturated heterocycles. The summed E-state index contributed by atoms with van der Waals surface area (Å²) in [6.45, 7) is 0. The third-order valence-corrected chi connectivity index (χ3v) is 4.54. The van der Waals surface area contributed by atoms with Gasteiger partial charge in [0, 0.05) is 10.6 Å². The highest BCUT2D eigenvalue weighted by Gasteiger charge is 2.36. The molecule has 0 heterocycles. The number of anilines is 1. The minimum atomic E-state index is -4.59. The van der Waals surface area contributed by atoms with Crippen LogP contribution in [-0.4, -0.2) is 15.9 Å². The van der Waals surface area contributed by atoms with Crippen LogP contribution in [0.5, 0.6) is 0 Å². The molecule has 0 aliphatic carbocycles. The number of hydrogen-bond acceptors (Lipinski definition) is 2. The number of benzene rings is 2. The van der Waals surface area contributed by atoms with Crippen molar-refractivity contribution in [2.75, 3.05) is 5.32 Å². The lowest BCUT2D eigenvalue weighted by Gasteiger charge is -2.28. The summed E-state index contributed by atoms with van der Waals surface area (Å²) in [5.41, 5.74) is -0.920. The Morgan fingerprint density at radius 1 is 0.963 bits per heavy atom. The van der Waals surface area contributed by atoms with Gasteiger partial charge in [-0.05, 0) is 42.5 Å². The first kappa shape index (κ1) is 22.2. The number of carbonyl (C=O) groups excluding carboxylic acids is 1. The van der Waals surface area contributed by atoms with E-state index in [0.717, 1.165) is 18.2 Å². The molecule has 1 atom stereocenters. The van der Waals surface area contributed by atoms with Crippen molar-refractivity contribution in [2.45, 2.75) is 16.1 Å². The molecule has 0 spiro atoms. The highest BCUT2D eigenvalue weighted by molar-refractivity contribution is 6.68. The van der Waals surface area contributed by atoms with E-state index in [1.807, 2.05) is 0 Å². The maximum absolute atomic E-state index is 12.9. The SMILES string of the molecule is O=C(NC(Nc1cc(C(F)(F)F)ccc1Cl)C(Cl)(Cl)Cl)c1ccc(Cl)cc1. The van der Waals surface area contributed by atoms with Gasteiger partial charge in [-0.15, -0.1) is 0 Å². The second-order valence-corrected chi connectivity index (χ2v) is 8.50. The summed E-state index contributed by atoms with van der Waals surface area (Å²) in [7, 11) is 0. The Morgan fingerprint density at radius 2 is 1.56 bits per heavy atom. The highest BCUT2D eigenvalue weighted by atomic mass is 35.6. The lowest BCUT2D eigenvalue weighted by molar-refractivity contribution is -0.137. The fourth-order valence-corrected chi connectivity index (χ4v) is 2.61. The van der Waals surface area contributed by atoms with Crippen LogP contribution < -0.4 is 10.6 Å². The van der Waals surface area contributed by atoms with Crippen LogP contribution in [0.2, 0.25) is 10.0 Å². The normalized spacial score (nSPS) is 13.2. The van der Waals surface area contributed by atoms with E-state index in [0.29, 0.717) is 5.02 Å². The number of halogens is 8. The zero-order valence-electron chi connectivity index (χ0n) is 13.1. The largest absolute Gasteiger partial charge is 0.416 e. The van der Waals surface area contributed by atoms with Crippen LogP contribution in [0.4, 0.5) is 18.9 Å². The van der Waals surface area contributed by atoms with Gasteiger partial charge in [-0.3, -0.25) is 4.79 Å². The Hall–Kier alpha value is -1.05. The number of rotatable bonds is 4. The standard InChI is InChI=1S/C16H10Cl5F3N2O/c17-10-4-1-8(2-5-10)13(27)26-14(15(19,20)21)25-12-7-9(16(22,23)24)3-6-11(12)18/h1-7,14,25H,(H,26,27). The molecule has 0 aromatic heterocycles. The van der Waals surface area contributed by atoms with Crippen LogP contribution in [-0.2, 0) is 6.18 Å². The van der Waals surface area contributed by atoms with Crippen molar-refractivity contribution in [1.29, 1.82) is 0 Å². The second-order valence-electron chi connectivity index (χ2n) is 5.29. The van der Waals surface area contributed by atoms with E-state index in [9.17, 15) is 18.0 Å². The molecule has 0 radical (unpaired) electrons. The molecule has 2 aromatic rings. The van der Waals surface area contributed by atoms with E-state index >= 15 is 0 Å². The summed E-state index contributed by atoms with van der Waals surface area (Å²) in [4.78, 5) is 12.3. The Balaban J connectivity index is 2.28. The molecular weight excluding hydrogens is 470 g/mol. The Kier molecular flexibility index (Phi) is 7.03. The van der Waals surface area contributed by atoms with Crippen molar-refractivity contribution in [3.8, 4) is 0 Å². The molecule has 1 amide bonds. The molecule has 3 nitrogen and oxygen atoms in total. The lowest BCUT2D eigenvalue weighted by Crippen LogP contribution is -2.49. The molecule has 2 rings (SSSR count). The minimum Gasteiger partial charge on any atom is -0.361 e. The summed E-state index contributed by atoms with van der Waals surface area (Å²) in [6, 6.07) is 8.44. The molecule has 2 N–H and O–H groups in total. The van der Waals surface area contributed by atoms with Crippen LogP contribution in [0.1, 0.15) is 15.9 Å². The maximum Gasteiger partial charge on any atom is 0.416 e. The van der Waals surface area contributed by atoms with Gasteiger partial charge >= 0.3 is 6.18 Å². The minimum absolute atomic E-state index is 0.0528. The van der Waals surface area contributed by atoms with Gasteiger partial charge in [0.2, 0.25) is 3.79 Å². The molecule has 0 bridgehead atoms. The molecule has 1 unspecified atom stereocenters. The molecule has 0 fully saturated rings. The number of hydrogen-bond donors (Lipinski definition) is 2. The number of amides is 1. The smallest absolute Gasteiger partial charge is 0.361 e. The van der Waals surface area contributed by atoms with Crippen molar-refractivity contribution in [2.24, 2.45) is 0 Å². The Morgan fingerprint density at radius 3 is 2.07 bits per heavy atom. The van der Waals surface area contributed by atoms with Gasteiger partial charge < -0.3 is 10.6 Å². The van der Waals surface area contributed by atoms with Gasteiger partial charge in [-0.2, -0.15) is 13.2 Å². The predicted molar refractivity (Wildman–Crippen MR) is 103 cm³/mol. The van der Waals surface area contributed by atoms with Gasteiger partial charge in [0.05, 0.1) is 16.3 Å². The molecule has 27 heavy (non-hydrogen) atoms. The van der Waals surface area contributed by atoms with E-state index in [4.69, 9.17) is 58.0 Å². The summed E-state index contributed by atoms with van der Waals surface area (Å²) >= 11 is 29.2. The van der Waals surface area contributed by atoms with Crippen molar-refractivity contribution in [3.63, 3.8) is 0 Å². The average Bonchev–Trinajstić information content (AvgIpc) is 2.54. The van der Waals surface area contributed by atoms with Gasteiger partial charge in [0.1, 0.15) is 6.17 Å². The number of carbonyl (C=O) groups is 1. The van der Waals surface area contributed by atoms with Gasteiger partial charge in [-0.25, -0.2) is 0 Å². The van der Waals surface area contributed by atoms with Gasteiger partial charge in [0.25, 0.3) is 5.91 Å². The lowest BCUT2D eigenvalue weighted by atomic mass is 10.2. The molecule has 146 valence electrons. The first-order chi connectivity index (χ1) is 12.4. The second kappa shape index (κ2) is 8.53. The molecule has 0 saturated carbocycles. The fraction of sp³-hybridized carbons (Fsp3) is 0.188. The van der Waals surface area contributed by atoms with E-state index in [1.165, 1.54) is 24.3 Å². The summed E-state index contributed by atoms with van der Waals surface area (Å²) in [6.07, 6.45) is -5.98. The van der Waals surface area contributed by atoms with Crippen LogP contribution in [0, 0.1) is 0 Å². The van der Waals surface area contributed by atoms with Crippen molar-refractivity contribution < 1.29 is 18.0 Å². The predicted octanol–water partition coefficient (Wildman–Crippen LogP) is 6.55. The third kappa shape index (κ3) is 6.22. The molecule has 11 heteroatoms. The molecule has 0 aliphatic heterocycles. The van der Waals surface area contributed by atoms with E-state index < -0.39 is 27.6 Å². The van der Waals surface area contributed by atoms with Crippen LogP contribution >= 0.6 is 58.0 Å². The topological polar surface area (TPSA) is 41.1 Å². The fourth-order valence-electron chi connectivity index (χ4n) is 1.98. The van der Waals surface area contributed by atoms with E-state index in [2.05, 4.69) is 10.6 Å². The quantitative estimate of drug-likeness (QED) is 0.385. The van der Waals surface area contributed by atoms with Gasteiger partial charge in [-0.1, -0.05) is 58.0 Å². The Bertz CT molecular complexity index is 822.